The molecule has 1 saturated heterocycles. The van der Waals surface area contributed by atoms with Crippen molar-refractivity contribution in [2.75, 3.05) is 37.6 Å². The predicted molar refractivity (Wildman–Crippen MR) is 116 cm³/mol. The average molecular weight is 415 g/mol. The molecule has 3 rings (SSSR count). The Morgan fingerprint density at radius 3 is 2.63 bits per heavy atom. The molecule has 0 aromatic carbocycles. The molecule has 3 heterocycles. The first-order valence-corrected chi connectivity index (χ1v) is 10.8. The zero-order chi connectivity index (χ0) is 21.6. The second kappa shape index (κ2) is 10.0. The quantitative estimate of drug-likeness (QED) is 0.710. The van der Waals surface area contributed by atoms with Gasteiger partial charge in [0.05, 0.1) is 0 Å². The third kappa shape index (κ3) is 6.52. The van der Waals surface area contributed by atoms with Crippen LogP contribution in [0.15, 0.2) is 28.9 Å². The van der Waals surface area contributed by atoms with Crippen LogP contribution in [-0.2, 0) is 16.6 Å². The van der Waals surface area contributed by atoms with E-state index >= 15 is 0 Å². The van der Waals surface area contributed by atoms with Gasteiger partial charge in [-0.3, -0.25) is 9.69 Å². The minimum absolute atomic E-state index is 0.0742. The summed E-state index contributed by atoms with van der Waals surface area (Å²) in [5.41, 5.74) is -0.127. The number of rotatable bonds is 8. The van der Waals surface area contributed by atoms with Gasteiger partial charge in [0, 0.05) is 63.2 Å². The van der Waals surface area contributed by atoms with E-state index in [1.54, 1.807) is 0 Å². The molecule has 0 bridgehead atoms. The van der Waals surface area contributed by atoms with Gasteiger partial charge in [-0.1, -0.05) is 32.0 Å². The predicted octanol–water partition coefficient (Wildman–Crippen LogP) is 2.41. The Morgan fingerprint density at radius 2 is 2.00 bits per heavy atom. The summed E-state index contributed by atoms with van der Waals surface area (Å²) in [5.74, 6) is 2.42. The largest absolute Gasteiger partial charge is 0.354 e. The average Bonchev–Trinajstić information content (AvgIpc) is 3.18. The Balaban J connectivity index is 1.32. The molecule has 8 nitrogen and oxygen atoms in total. The first-order chi connectivity index (χ1) is 14.3. The Kier molecular flexibility index (Phi) is 7.42. The lowest BCUT2D eigenvalue weighted by molar-refractivity contribution is -0.121. The highest BCUT2D eigenvalue weighted by atomic mass is 16.5. The van der Waals surface area contributed by atoms with E-state index in [2.05, 4.69) is 64.0 Å². The Morgan fingerprint density at radius 1 is 1.23 bits per heavy atom. The monoisotopic (exact) mass is 414 g/mol. The van der Waals surface area contributed by atoms with Crippen molar-refractivity contribution in [3.63, 3.8) is 0 Å². The fourth-order valence-electron chi connectivity index (χ4n) is 3.54. The molecule has 0 spiro atoms. The van der Waals surface area contributed by atoms with E-state index in [-0.39, 0.29) is 17.4 Å². The van der Waals surface area contributed by atoms with Crippen LogP contribution in [0.25, 0.3) is 0 Å². The SMILES string of the molecule is CC(CN1CCN(c2ccccn2)CC1)NC(=O)CCCc1nc(C(C)(C)C)no1. The van der Waals surface area contributed by atoms with Crippen LogP contribution in [0.4, 0.5) is 5.82 Å². The molecule has 0 aliphatic carbocycles. The van der Waals surface area contributed by atoms with Gasteiger partial charge >= 0.3 is 0 Å². The number of aromatic nitrogens is 3. The maximum atomic E-state index is 12.3. The molecule has 2 aromatic rings. The second-order valence-corrected chi connectivity index (χ2v) is 9.06. The summed E-state index contributed by atoms with van der Waals surface area (Å²) in [6, 6.07) is 6.13. The number of anilines is 1. The number of carbonyl (C=O) groups excluding carboxylic acids is 1. The van der Waals surface area contributed by atoms with Crippen LogP contribution in [-0.4, -0.2) is 64.7 Å². The highest BCUT2D eigenvalue weighted by Crippen LogP contribution is 2.19. The molecule has 1 N–H and O–H groups in total. The molecule has 164 valence electrons. The Hall–Kier alpha value is -2.48. The minimum Gasteiger partial charge on any atom is -0.354 e. The van der Waals surface area contributed by atoms with Crippen molar-refractivity contribution < 1.29 is 9.32 Å². The number of piperazine rings is 1. The molecule has 1 aliphatic heterocycles. The van der Waals surface area contributed by atoms with Crippen LogP contribution >= 0.6 is 0 Å². The maximum Gasteiger partial charge on any atom is 0.226 e. The first-order valence-electron chi connectivity index (χ1n) is 10.8. The molecule has 8 heteroatoms. The summed E-state index contributed by atoms with van der Waals surface area (Å²) >= 11 is 0. The van der Waals surface area contributed by atoms with E-state index < -0.39 is 0 Å². The van der Waals surface area contributed by atoms with Gasteiger partial charge in [-0.2, -0.15) is 4.98 Å². The van der Waals surface area contributed by atoms with Gasteiger partial charge in [-0.15, -0.1) is 0 Å². The summed E-state index contributed by atoms with van der Waals surface area (Å²) in [7, 11) is 0. The lowest BCUT2D eigenvalue weighted by atomic mass is 9.96. The van der Waals surface area contributed by atoms with Crippen molar-refractivity contribution in [3.8, 4) is 0 Å². The number of aryl methyl sites for hydroxylation is 1. The molecule has 1 amide bonds. The van der Waals surface area contributed by atoms with Crippen LogP contribution in [0.1, 0.15) is 52.3 Å². The summed E-state index contributed by atoms with van der Waals surface area (Å²) in [4.78, 5) is 25.8. The molecule has 1 atom stereocenters. The molecule has 2 aromatic heterocycles. The molecule has 1 fully saturated rings. The minimum atomic E-state index is -0.127. The van der Waals surface area contributed by atoms with E-state index in [9.17, 15) is 4.79 Å². The summed E-state index contributed by atoms with van der Waals surface area (Å²) < 4.78 is 5.29. The van der Waals surface area contributed by atoms with Crippen LogP contribution in [0, 0.1) is 0 Å². The summed E-state index contributed by atoms with van der Waals surface area (Å²) in [5, 5.41) is 7.14. The zero-order valence-electron chi connectivity index (χ0n) is 18.6. The molecule has 0 saturated carbocycles. The van der Waals surface area contributed by atoms with E-state index in [0.29, 0.717) is 31.0 Å². The van der Waals surface area contributed by atoms with E-state index in [0.717, 1.165) is 38.5 Å². The fraction of sp³-hybridized carbons (Fsp3) is 0.636. The van der Waals surface area contributed by atoms with Crippen LogP contribution in [0.5, 0.6) is 0 Å². The number of nitrogens with zero attached hydrogens (tertiary/aromatic N) is 5. The molecular formula is C22H34N6O2. The number of carbonyl (C=O) groups is 1. The Bertz CT molecular complexity index is 793. The smallest absolute Gasteiger partial charge is 0.226 e. The van der Waals surface area contributed by atoms with Crippen LogP contribution < -0.4 is 10.2 Å². The van der Waals surface area contributed by atoms with Gasteiger partial charge < -0.3 is 14.7 Å². The topological polar surface area (TPSA) is 87.4 Å². The second-order valence-electron chi connectivity index (χ2n) is 9.06. The summed E-state index contributed by atoms with van der Waals surface area (Å²) in [6.45, 7) is 12.9. The highest BCUT2D eigenvalue weighted by Gasteiger charge is 2.22. The number of nitrogens with one attached hydrogen (secondary N) is 1. The number of hydrogen-bond acceptors (Lipinski definition) is 7. The van der Waals surface area contributed by atoms with E-state index in [1.807, 2.05) is 18.3 Å². The number of hydrogen-bond donors (Lipinski definition) is 1. The third-order valence-corrected chi connectivity index (χ3v) is 5.22. The third-order valence-electron chi connectivity index (χ3n) is 5.22. The number of pyridine rings is 1. The van der Waals surface area contributed by atoms with Crippen molar-refractivity contribution >= 4 is 11.7 Å². The highest BCUT2D eigenvalue weighted by molar-refractivity contribution is 5.76. The number of amides is 1. The van der Waals surface area contributed by atoms with Crippen LogP contribution in [0.2, 0.25) is 0 Å². The molecular weight excluding hydrogens is 380 g/mol. The van der Waals surface area contributed by atoms with E-state index in [4.69, 9.17) is 4.52 Å². The van der Waals surface area contributed by atoms with Gasteiger partial charge in [0.2, 0.25) is 11.8 Å². The first kappa shape index (κ1) is 22.2. The van der Waals surface area contributed by atoms with Gasteiger partial charge in [0.25, 0.3) is 0 Å². The normalized spacial score (nSPS) is 16.5. The van der Waals surface area contributed by atoms with Crippen molar-refractivity contribution in [2.24, 2.45) is 0 Å². The van der Waals surface area contributed by atoms with Crippen molar-refractivity contribution in [1.29, 1.82) is 0 Å². The maximum absolute atomic E-state index is 12.3. The Labute approximate surface area is 179 Å². The van der Waals surface area contributed by atoms with E-state index in [1.165, 1.54) is 0 Å². The lowest BCUT2D eigenvalue weighted by Crippen LogP contribution is -2.51. The lowest BCUT2D eigenvalue weighted by Gasteiger charge is -2.36. The molecule has 1 aliphatic rings. The van der Waals surface area contributed by atoms with Gasteiger partial charge in [-0.05, 0) is 25.5 Å². The standard InChI is InChI=1S/C22H34N6O2/c1-17(16-27-12-14-28(15-13-27)18-8-5-6-11-23-18)24-19(29)9-7-10-20-25-21(26-30-20)22(2,3)4/h5-6,8,11,17H,7,9-10,12-16H2,1-4H3,(H,24,29). The summed E-state index contributed by atoms with van der Waals surface area (Å²) in [6.07, 6.45) is 3.62. The van der Waals surface area contributed by atoms with Gasteiger partial charge in [0.15, 0.2) is 5.82 Å². The molecule has 0 radical (unpaired) electrons. The fourth-order valence-corrected chi connectivity index (χ4v) is 3.54. The van der Waals surface area contributed by atoms with Crippen molar-refractivity contribution in [1.82, 2.24) is 25.3 Å². The zero-order valence-corrected chi connectivity index (χ0v) is 18.6. The molecule has 1 unspecified atom stereocenters. The van der Waals surface area contributed by atoms with Crippen molar-refractivity contribution in [2.45, 2.75) is 58.4 Å². The van der Waals surface area contributed by atoms with Gasteiger partial charge in [-0.25, -0.2) is 4.98 Å². The van der Waals surface area contributed by atoms with Gasteiger partial charge in [0.1, 0.15) is 5.82 Å². The van der Waals surface area contributed by atoms with Crippen molar-refractivity contribution in [3.05, 3.63) is 36.1 Å². The van der Waals surface area contributed by atoms with Crippen LogP contribution in [0.3, 0.4) is 0 Å². The molecule has 30 heavy (non-hydrogen) atoms.